The smallest absolute Gasteiger partial charge is 0.255 e. The maximum absolute atomic E-state index is 12.0. The number of fused-ring (bicyclic) bond motifs is 1. The highest BCUT2D eigenvalue weighted by atomic mass is 16.1. The molecule has 0 unspecified atom stereocenters. The maximum Gasteiger partial charge on any atom is 0.255 e. The van der Waals surface area contributed by atoms with Gasteiger partial charge in [-0.05, 0) is 12.8 Å². The molecule has 1 aliphatic rings. The van der Waals surface area contributed by atoms with E-state index >= 15 is 0 Å². The molecule has 0 spiro atoms. The zero-order valence-corrected chi connectivity index (χ0v) is 9.21. The van der Waals surface area contributed by atoms with Gasteiger partial charge in [-0.25, -0.2) is 4.52 Å². The summed E-state index contributed by atoms with van der Waals surface area (Å²) in [5, 5.41) is 7.04. The molecular formula is C11H13N5O. The Kier molecular flexibility index (Phi) is 2.29. The number of nitrogens with two attached hydrogens (primary N) is 1. The first-order valence-electron chi connectivity index (χ1n) is 5.58. The molecule has 2 aromatic rings. The van der Waals surface area contributed by atoms with E-state index in [9.17, 15) is 4.79 Å². The molecule has 1 saturated carbocycles. The van der Waals surface area contributed by atoms with Gasteiger partial charge < -0.3 is 11.1 Å². The van der Waals surface area contributed by atoms with Crippen LogP contribution in [0, 0.1) is 0 Å². The van der Waals surface area contributed by atoms with Crippen molar-refractivity contribution in [3.8, 4) is 0 Å². The van der Waals surface area contributed by atoms with Crippen molar-refractivity contribution in [3.05, 3.63) is 30.4 Å². The zero-order valence-electron chi connectivity index (χ0n) is 9.21. The summed E-state index contributed by atoms with van der Waals surface area (Å²) in [5.74, 6) is -0.107. The number of nitrogens with zero attached hydrogens (tertiary/aromatic N) is 3. The van der Waals surface area contributed by atoms with Gasteiger partial charge >= 0.3 is 0 Å². The van der Waals surface area contributed by atoms with Crippen molar-refractivity contribution in [1.82, 2.24) is 19.9 Å². The molecule has 3 rings (SSSR count). The van der Waals surface area contributed by atoms with Crippen molar-refractivity contribution in [2.24, 2.45) is 5.73 Å². The van der Waals surface area contributed by atoms with E-state index in [2.05, 4.69) is 15.4 Å². The van der Waals surface area contributed by atoms with E-state index < -0.39 is 0 Å². The normalized spacial score (nSPS) is 23.4. The topological polar surface area (TPSA) is 85.3 Å². The van der Waals surface area contributed by atoms with Crippen LogP contribution in [0.25, 0.3) is 5.52 Å². The summed E-state index contributed by atoms with van der Waals surface area (Å²) in [5.41, 5.74) is 6.95. The number of hydrogen-bond donors (Lipinski definition) is 2. The largest absolute Gasteiger partial charge is 0.349 e. The SMILES string of the molecule is NC1CC(NC(=O)c2cnn3ccncc23)C1. The Balaban J connectivity index is 1.81. The van der Waals surface area contributed by atoms with Crippen LogP contribution in [0.5, 0.6) is 0 Å². The van der Waals surface area contributed by atoms with Gasteiger partial charge in [0.05, 0.1) is 23.5 Å². The van der Waals surface area contributed by atoms with E-state index in [0.29, 0.717) is 11.1 Å². The lowest BCUT2D eigenvalue weighted by Gasteiger charge is -2.32. The average Bonchev–Trinajstić information content (AvgIpc) is 2.70. The van der Waals surface area contributed by atoms with Crippen LogP contribution in [-0.2, 0) is 0 Å². The van der Waals surface area contributed by atoms with Crippen molar-refractivity contribution in [1.29, 1.82) is 0 Å². The average molecular weight is 231 g/mol. The first-order chi connectivity index (χ1) is 8.24. The van der Waals surface area contributed by atoms with Gasteiger partial charge in [0.25, 0.3) is 5.91 Å². The van der Waals surface area contributed by atoms with Gasteiger partial charge in [0, 0.05) is 24.5 Å². The first-order valence-corrected chi connectivity index (χ1v) is 5.58. The van der Waals surface area contributed by atoms with E-state index in [1.165, 1.54) is 0 Å². The molecule has 1 fully saturated rings. The third kappa shape index (κ3) is 1.76. The van der Waals surface area contributed by atoms with Crippen LogP contribution >= 0.6 is 0 Å². The maximum atomic E-state index is 12.0. The van der Waals surface area contributed by atoms with Crippen molar-refractivity contribution >= 4 is 11.4 Å². The monoisotopic (exact) mass is 231 g/mol. The lowest BCUT2D eigenvalue weighted by Crippen LogP contribution is -2.50. The molecular weight excluding hydrogens is 218 g/mol. The van der Waals surface area contributed by atoms with Gasteiger partial charge in [-0.2, -0.15) is 5.10 Å². The van der Waals surface area contributed by atoms with Crippen LogP contribution in [0.2, 0.25) is 0 Å². The van der Waals surface area contributed by atoms with E-state index in [-0.39, 0.29) is 18.0 Å². The van der Waals surface area contributed by atoms with E-state index in [4.69, 9.17) is 5.73 Å². The molecule has 0 radical (unpaired) electrons. The molecule has 6 heteroatoms. The molecule has 2 heterocycles. The van der Waals surface area contributed by atoms with Crippen LogP contribution < -0.4 is 11.1 Å². The fraction of sp³-hybridized carbons (Fsp3) is 0.364. The predicted octanol–water partition coefficient (Wildman–Crippen LogP) is -0.0512. The highest BCUT2D eigenvalue weighted by molar-refractivity contribution is 6.00. The van der Waals surface area contributed by atoms with Crippen molar-refractivity contribution in [2.45, 2.75) is 24.9 Å². The summed E-state index contributed by atoms with van der Waals surface area (Å²) < 4.78 is 1.63. The van der Waals surface area contributed by atoms with Gasteiger partial charge in [0.1, 0.15) is 0 Å². The highest BCUT2D eigenvalue weighted by Gasteiger charge is 2.28. The van der Waals surface area contributed by atoms with Crippen molar-refractivity contribution in [2.75, 3.05) is 0 Å². The van der Waals surface area contributed by atoms with Gasteiger partial charge in [0.2, 0.25) is 0 Å². The molecule has 0 aliphatic heterocycles. The third-order valence-corrected chi connectivity index (χ3v) is 3.08. The van der Waals surface area contributed by atoms with Crippen LogP contribution in [0.15, 0.2) is 24.8 Å². The molecule has 0 aromatic carbocycles. The number of nitrogens with one attached hydrogen (secondary N) is 1. The third-order valence-electron chi connectivity index (χ3n) is 3.08. The summed E-state index contributed by atoms with van der Waals surface area (Å²) >= 11 is 0. The number of aromatic nitrogens is 3. The minimum atomic E-state index is -0.107. The molecule has 17 heavy (non-hydrogen) atoms. The molecule has 6 nitrogen and oxygen atoms in total. The Bertz CT molecular complexity index is 558. The molecule has 88 valence electrons. The van der Waals surface area contributed by atoms with Gasteiger partial charge in [-0.15, -0.1) is 0 Å². The Morgan fingerprint density at radius 1 is 1.47 bits per heavy atom. The molecule has 3 N–H and O–H groups in total. The van der Waals surface area contributed by atoms with E-state index in [1.54, 1.807) is 29.3 Å². The standard InChI is InChI=1S/C11H13N5O/c12-7-3-8(4-7)15-11(17)9-5-14-16-2-1-13-6-10(9)16/h1-2,5-8H,3-4,12H2,(H,15,17). The second-order valence-corrected chi connectivity index (χ2v) is 4.37. The molecule has 0 bridgehead atoms. The van der Waals surface area contributed by atoms with Crippen LogP contribution in [-0.4, -0.2) is 32.6 Å². The summed E-state index contributed by atoms with van der Waals surface area (Å²) in [6.07, 6.45) is 8.24. The van der Waals surface area contributed by atoms with Crippen LogP contribution in [0.4, 0.5) is 0 Å². The zero-order chi connectivity index (χ0) is 11.8. The predicted molar refractivity (Wildman–Crippen MR) is 61.5 cm³/mol. The molecule has 0 saturated heterocycles. The first kappa shape index (κ1) is 10.2. The minimum absolute atomic E-state index is 0.107. The van der Waals surface area contributed by atoms with Crippen molar-refractivity contribution in [3.63, 3.8) is 0 Å². The van der Waals surface area contributed by atoms with Gasteiger partial charge in [-0.1, -0.05) is 0 Å². The van der Waals surface area contributed by atoms with Crippen LogP contribution in [0.3, 0.4) is 0 Å². The number of rotatable bonds is 2. The highest BCUT2D eigenvalue weighted by Crippen LogP contribution is 2.18. The number of carbonyl (C=O) groups is 1. The second-order valence-electron chi connectivity index (χ2n) is 4.37. The summed E-state index contributed by atoms with van der Waals surface area (Å²) in [4.78, 5) is 16.0. The molecule has 1 aliphatic carbocycles. The van der Waals surface area contributed by atoms with E-state index in [1.807, 2.05) is 0 Å². The molecule has 1 amide bonds. The van der Waals surface area contributed by atoms with Crippen LogP contribution in [0.1, 0.15) is 23.2 Å². The number of amides is 1. The lowest BCUT2D eigenvalue weighted by molar-refractivity contribution is 0.0912. The fourth-order valence-corrected chi connectivity index (χ4v) is 2.05. The Labute approximate surface area is 97.8 Å². The Morgan fingerprint density at radius 2 is 2.29 bits per heavy atom. The minimum Gasteiger partial charge on any atom is -0.349 e. The lowest BCUT2D eigenvalue weighted by atomic mass is 9.87. The number of carbonyl (C=O) groups excluding carboxylic acids is 1. The summed E-state index contributed by atoms with van der Waals surface area (Å²) in [6, 6.07) is 0.426. The quantitative estimate of drug-likeness (QED) is 0.758. The number of hydrogen-bond acceptors (Lipinski definition) is 4. The van der Waals surface area contributed by atoms with E-state index in [0.717, 1.165) is 12.8 Å². The van der Waals surface area contributed by atoms with Crippen molar-refractivity contribution < 1.29 is 4.79 Å². The van der Waals surface area contributed by atoms with Gasteiger partial charge in [0.15, 0.2) is 0 Å². The molecule has 2 aromatic heterocycles. The Morgan fingerprint density at radius 3 is 3.06 bits per heavy atom. The fourth-order valence-electron chi connectivity index (χ4n) is 2.05. The summed E-state index contributed by atoms with van der Waals surface area (Å²) in [7, 11) is 0. The molecule has 0 atom stereocenters. The van der Waals surface area contributed by atoms with Gasteiger partial charge in [-0.3, -0.25) is 9.78 Å². The Hall–Kier alpha value is -1.95. The second kappa shape index (κ2) is 3.81. The summed E-state index contributed by atoms with van der Waals surface area (Å²) in [6.45, 7) is 0.